The summed E-state index contributed by atoms with van der Waals surface area (Å²) in [6, 6.07) is 18.9. The van der Waals surface area contributed by atoms with Crippen molar-refractivity contribution in [2.75, 3.05) is 11.5 Å². The van der Waals surface area contributed by atoms with Crippen LogP contribution in [0.2, 0.25) is 0 Å². The summed E-state index contributed by atoms with van der Waals surface area (Å²) in [6.45, 7) is 2.60. The predicted molar refractivity (Wildman–Crippen MR) is 123 cm³/mol. The number of carbonyl (C=O) groups excluding carboxylic acids is 3. The molecule has 0 bridgehead atoms. The number of rotatable bonds is 8. The number of hydrogen-bond donors (Lipinski definition) is 0. The van der Waals surface area contributed by atoms with E-state index in [0.29, 0.717) is 18.0 Å². The van der Waals surface area contributed by atoms with E-state index in [4.69, 9.17) is 4.74 Å². The van der Waals surface area contributed by atoms with E-state index in [9.17, 15) is 14.4 Å². The molecule has 33 heavy (non-hydrogen) atoms. The normalized spacial score (nSPS) is 15.5. The Balaban J connectivity index is 1.59. The van der Waals surface area contributed by atoms with E-state index in [-0.39, 0.29) is 31.2 Å². The Bertz CT molecular complexity index is 1120. The molecule has 1 aliphatic heterocycles. The van der Waals surface area contributed by atoms with Crippen molar-refractivity contribution in [3.05, 3.63) is 90.3 Å². The van der Waals surface area contributed by atoms with E-state index >= 15 is 0 Å². The number of pyridine rings is 1. The second kappa shape index (κ2) is 10.1. The van der Waals surface area contributed by atoms with Crippen molar-refractivity contribution < 1.29 is 19.1 Å². The maximum absolute atomic E-state index is 13.4. The molecular formula is C26H25N3O4. The summed E-state index contributed by atoms with van der Waals surface area (Å²) in [5.41, 5.74) is 2.10. The van der Waals surface area contributed by atoms with Gasteiger partial charge in [0.2, 0.25) is 11.8 Å². The minimum atomic E-state index is -0.875. The van der Waals surface area contributed by atoms with Crippen LogP contribution in [0, 0.1) is 0 Å². The zero-order valence-corrected chi connectivity index (χ0v) is 18.4. The molecule has 1 fully saturated rings. The topological polar surface area (TPSA) is 79.8 Å². The lowest BCUT2D eigenvalue weighted by atomic mass is 10.1. The van der Waals surface area contributed by atoms with E-state index in [1.54, 1.807) is 42.7 Å². The van der Waals surface area contributed by atoms with E-state index in [1.165, 1.54) is 4.90 Å². The number of carbonyl (C=O) groups is 3. The molecule has 3 aromatic rings. The molecule has 0 aliphatic carbocycles. The van der Waals surface area contributed by atoms with Gasteiger partial charge < -0.3 is 9.64 Å². The van der Waals surface area contributed by atoms with Crippen molar-refractivity contribution in [3.63, 3.8) is 0 Å². The maximum Gasteiger partial charge on any atom is 0.257 e. The van der Waals surface area contributed by atoms with Gasteiger partial charge in [0, 0.05) is 18.9 Å². The number of benzene rings is 2. The second-order valence-electron chi connectivity index (χ2n) is 7.76. The van der Waals surface area contributed by atoms with Crippen LogP contribution in [-0.2, 0) is 27.3 Å². The van der Waals surface area contributed by atoms with Gasteiger partial charge in [0.15, 0.2) is 0 Å². The molecular weight excluding hydrogens is 418 g/mol. The van der Waals surface area contributed by atoms with E-state index in [2.05, 4.69) is 4.98 Å². The number of anilines is 1. The Morgan fingerprint density at radius 2 is 1.76 bits per heavy atom. The first kappa shape index (κ1) is 22.2. The molecule has 168 valence electrons. The van der Waals surface area contributed by atoms with Crippen LogP contribution in [0.15, 0.2) is 79.1 Å². The van der Waals surface area contributed by atoms with E-state index in [1.807, 2.05) is 43.3 Å². The number of nitrogens with zero attached hydrogens (tertiary/aromatic N) is 3. The van der Waals surface area contributed by atoms with Crippen LogP contribution >= 0.6 is 0 Å². The average Bonchev–Trinajstić information content (AvgIpc) is 3.13. The van der Waals surface area contributed by atoms with E-state index < -0.39 is 11.9 Å². The highest BCUT2D eigenvalue weighted by molar-refractivity contribution is 6.23. The fraction of sp³-hybridized carbons (Fsp3) is 0.231. The van der Waals surface area contributed by atoms with Crippen LogP contribution in [0.4, 0.5) is 5.69 Å². The second-order valence-corrected chi connectivity index (χ2v) is 7.76. The Hall–Kier alpha value is -4.00. The third-order valence-corrected chi connectivity index (χ3v) is 5.50. The minimum Gasteiger partial charge on any atom is -0.494 e. The molecule has 0 radical (unpaired) electrons. The zero-order valence-electron chi connectivity index (χ0n) is 18.4. The number of aromatic nitrogens is 1. The highest BCUT2D eigenvalue weighted by atomic mass is 16.5. The van der Waals surface area contributed by atoms with Gasteiger partial charge in [-0.2, -0.15) is 0 Å². The lowest BCUT2D eigenvalue weighted by molar-refractivity contribution is -0.138. The Kier molecular flexibility index (Phi) is 6.78. The molecule has 1 aromatic heterocycles. The van der Waals surface area contributed by atoms with Gasteiger partial charge in [-0.1, -0.05) is 36.4 Å². The highest BCUT2D eigenvalue weighted by Gasteiger charge is 2.44. The lowest BCUT2D eigenvalue weighted by Crippen LogP contribution is -2.45. The molecule has 4 rings (SSSR count). The van der Waals surface area contributed by atoms with Crippen molar-refractivity contribution in [1.82, 2.24) is 9.88 Å². The number of imide groups is 1. The Morgan fingerprint density at radius 3 is 2.42 bits per heavy atom. The number of ether oxygens (including phenoxy) is 1. The zero-order chi connectivity index (χ0) is 23.2. The predicted octanol–water partition coefficient (Wildman–Crippen LogP) is 3.38. The maximum atomic E-state index is 13.4. The molecule has 0 N–H and O–H groups in total. The van der Waals surface area contributed by atoms with Crippen LogP contribution in [0.1, 0.15) is 24.5 Å². The first-order valence-electron chi connectivity index (χ1n) is 10.9. The lowest BCUT2D eigenvalue weighted by Gasteiger charge is -2.28. The summed E-state index contributed by atoms with van der Waals surface area (Å²) < 4.78 is 5.44. The van der Waals surface area contributed by atoms with Gasteiger partial charge >= 0.3 is 0 Å². The highest BCUT2D eigenvalue weighted by Crippen LogP contribution is 2.28. The molecule has 7 heteroatoms. The molecule has 2 aromatic carbocycles. The number of hydrogen-bond acceptors (Lipinski definition) is 5. The van der Waals surface area contributed by atoms with Gasteiger partial charge in [0.25, 0.3) is 5.91 Å². The van der Waals surface area contributed by atoms with Crippen molar-refractivity contribution in [3.8, 4) is 5.75 Å². The monoisotopic (exact) mass is 443 g/mol. The molecule has 3 amide bonds. The molecule has 1 saturated heterocycles. The van der Waals surface area contributed by atoms with Gasteiger partial charge in [-0.3, -0.25) is 19.4 Å². The SMILES string of the molecule is CCOc1ccc(N2C(=O)CC(N(Cc3cccnc3)C(=O)Cc3ccccc3)C2=O)cc1. The summed E-state index contributed by atoms with van der Waals surface area (Å²) in [5, 5.41) is 0. The van der Waals surface area contributed by atoms with Crippen LogP contribution in [0.5, 0.6) is 5.75 Å². The number of amides is 3. The van der Waals surface area contributed by atoms with Gasteiger partial charge in [-0.05, 0) is 48.4 Å². The average molecular weight is 444 g/mol. The summed E-state index contributed by atoms with van der Waals surface area (Å²) >= 11 is 0. The molecule has 0 spiro atoms. The molecule has 1 unspecified atom stereocenters. The van der Waals surface area contributed by atoms with Crippen LogP contribution in [0.3, 0.4) is 0 Å². The first-order chi connectivity index (χ1) is 16.1. The van der Waals surface area contributed by atoms with Crippen molar-refractivity contribution in [1.29, 1.82) is 0 Å². The third-order valence-electron chi connectivity index (χ3n) is 5.50. The van der Waals surface area contributed by atoms with Gasteiger partial charge in [0.05, 0.1) is 25.1 Å². The van der Waals surface area contributed by atoms with Crippen LogP contribution in [0.25, 0.3) is 0 Å². The van der Waals surface area contributed by atoms with Gasteiger partial charge in [-0.15, -0.1) is 0 Å². The standard InChI is InChI=1S/C26H25N3O4/c1-2-33-22-12-10-21(11-13-22)29-25(31)16-23(26(29)32)28(18-20-9-6-14-27-17-20)24(30)15-19-7-4-3-5-8-19/h3-14,17,23H,2,15-16,18H2,1H3. The fourth-order valence-electron chi connectivity index (χ4n) is 3.92. The summed E-state index contributed by atoms with van der Waals surface area (Å²) in [7, 11) is 0. The van der Waals surface area contributed by atoms with Gasteiger partial charge in [-0.25, -0.2) is 4.90 Å². The smallest absolute Gasteiger partial charge is 0.257 e. The molecule has 1 aliphatic rings. The first-order valence-corrected chi connectivity index (χ1v) is 10.9. The summed E-state index contributed by atoms with van der Waals surface area (Å²) in [4.78, 5) is 46.3. The summed E-state index contributed by atoms with van der Waals surface area (Å²) in [6.07, 6.45) is 3.39. The fourth-order valence-corrected chi connectivity index (χ4v) is 3.92. The Labute approximate surface area is 192 Å². The third kappa shape index (κ3) is 5.09. The molecule has 0 saturated carbocycles. The van der Waals surface area contributed by atoms with Crippen molar-refractivity contribution >= 4 is 23.4 Å². The quantitative estimate of drug-likeness (QED) is 0.499. The molecule has 1 atom stereocenters. The summed E-state index contributed by atoms with van der Waals surface area (Å²) in [5.74, 6) is -0.301. The van der Waals surface area contributed by atoms with Crippen molar-refractivity contribution in [2.24, 2.45) is 0 Å². The van der Waals surface area contributed by atoms with Gasteiger partial charge in [0.1, 0.15) is 11.8 Å². The Morgan fingerprint density at radius 1 is 1.03 bits per heavy atom. The largest absolute Gasteiger partial charge is 0.494 e. The minimum absolute atomic E-state index is 0.0627. The molecule has 7 nitrogen and oxygen atoms in total. The molecule has 2 heterocycles. The van der Waals surface area contributed by atoms with E-state index in [0.717, 1.165) is 16.0 Å². The van der Waals surface area contributed by atoms with Crippen molar-refractivity contribution in [2.45, 2.75) is 32.4 Å². The van der Waals surface area contributed by atoms with Crippen LogP contribution in [-0.4, -0.2) is 40.3 Å². The van der Waals surface area contributed by atoms with Crippen LogP contribution < -0.4 is 9.64 Å².